The van der Waals surface area contributed by atoms with E-state index < -0.39 is 97.5 Å². The van der Waals surface area contributed by atoms with Crippen molar-refractivity contribution in [1.29, 1.82) is 0 Å². The summed E-state index contributed by atoms with van der Waals surface area (Å²) in [6.45, 7) is 4.32. The Bertz CT molecular complexity index is 2570. The maximum Gasteiger partial charge on any atom is 0.472 e. The van der Waals surface area contributed by atoms with Crippen LogP contribution >= 0.6 is 15.6 Å². The molecule has 0 saturated carbocycles. The molecule has 0 amide bonds. The predicted octanol–water partition coefficient (Wildman–Crippen LogP) is 21.4. The van der Waals surface area contributed by atoms with Gasteiger partial charge in [-0.1, -0.05) is 256 Å². The molecule has 0 saturated heterocycles. The zero-order chi connectivity index (χ0) is 73.2. The van der Waals surface area contributed by atoms with Gasteiger partial charge in [-0.25, -0.2) is 9.13 Å². The lowest BCUT2D eigenvalue weighted by Gasteiger charge is -2.21. The minimum atomic E-state index is -5.01. The third kappa shape index (κ3) is 70.8. The molecule has 0 aliphatic heterocycles. The van der Waals surface area contributed by atoms with Crippen LogP contribution in [0.3, 0.4) is 0 Å². The van der Waals surface area contributed by atoms with Gasteiger partial charge in [0.15, 0.2) is 12.2 Å². The first-order valence-corrected chi connectivity index (χ1v) is 40.4. The van der Waals surface area contributed by atoms with Gasteiger partial charge >= 0.3 is 39.5 Å². The molecule has 0 spiro atoms. The summed E-state index contributed by atoms with van der Waals surface area (Å²) >= 11 is 0. The Hall–Kier alpha value is -5.58. The zero-order valence-corrected chi connectivity index (χ0v) is 63.3. The summed E-state index contributed by atoms with van der Waals surface area (Å²) < 4.78 is 68.2. The summed E-state index contributed by atoms with van der Waals surface area (Å²) in [5, 5.41) is 10.6. The van der Waals surface area contributed by atoms with Gasteiger partial charge in [-0.3, -0.25) is 37.3 Å². The highest BCUT2D eigenvalue weighted by Gasteiger charge is 2.30. The highest BCUT2D eigenvalue weighted by atomic mass is 31.2. The highest BCUT2D eigenvalue weighted by molar-refractivity contribution is 7.47. The summed E-state index contributed by atoms with van der Waals surface area (Å²) in [6, 6.07) is 0. The minimum Gasteiger partial charge on any atom is -0.462 e. The van der Waals surface area contributed by atoms with E-state index in [1.807, 2.05) is 30.4 Å². The van der Waals surface area contributed by atoms with E-state index >= 15 is 0 Å². The Morgan fingerprint density at radius 3 is 0.950 bits per heavy atom. The molecule has 3 N–H and O–H groups in total. The van der Waals surface area contributed by atoms with Crippen LogP contribution in [-0.4, -0.2) is 96.7 Å². The number of hydrogen-bond donors (Lipinski definition) is 3. The molecule has 17 nitrogen and oxygen atoms in total. The lowest BCUT2D eigenvalue weighted by Crippen LogP contribution is -2.30. The predicted molar refractivity (Wildman–Crippen MR) is 408 cm³/mol. The Labute approximate surface area is 603 Å². The number of esters is 4. The number of allylic oxidation sites excluding steroid dienone is 28. The van der Waals surface area contributed by atoms with E-state index in [2.05, 4.69) is 167 Å². The van der Waals surface area contributed by atoms with Crippen molar-refractivity contribution < 1.29 is 80.2 Å². The summed E-state index contributed by atoms with van der Waals surface area (Å²) in [4.78, 5) is 72.7. The molecule has 0 aliphatic carbocycles. The first kappa shape index (κ1) is 94.4. The largest absolute Gasteiger partial charge is 0.472 e. The summed E-state index contributed by atoms with van der Waals surface area (Å²) in [5.41, 5.74) is 0. The second kappa shape index (κ2) is 71.8. The molecule has 0 fully saturated rings. The molecule has 100 heavy (non-hydrogen) atoms. The van der Waals surface area contributed by atoms with E-state index in [1.54, 1.807) is 0 Å². The van der Waals surface area contributed by atoms with Crippen molar-refractivity contribution in [3.05, 3.63) is 170 Å². The molecule has 0 rings (SSSR count). The summed E-state index contributed by atoms with van der Waals surface area (Å²) in [6.07, 6.45) is 83.8. The topological polar surface area (TPSA) is 237 Å². The number of aliphatic hydroxyl groups is 1. The zero-order valence-electron chi connectivity index (χ0n) is 61.5. The maximum absolute atomic E-state index is 13.1. The molecule has 566 valence electrons. The second-order valence-corrected chi connectivity index (χ2v) is 27.0. The molecule has 0 bridgehead atoms. The fourth-order valence-corrected chi connectivity index (χ4v) is 10.6. The standard InChI is InChI=1S/C81H130O17P2/c1-5-9-13-17-21-25-29-32-34-36-37-39-40-43-47-50-54-58-62-66-79(84)92-72-77(98-81(86)68-64-60-56-52-48-44-41-38-35-33-30-26-22-18-14-10-6-2)74-96-100(89,90)94-70-75(82)69-93-99(87,88)95-73-76(97-80(85)67-63-59-55-51-45-28-24-20-16-12-8-4)71-91-78(83)65-61-57-53-49-46-42-31-27-23-19-15-11-7-3/h9-10,13-15,19-22,24-27,31-35,37,39,41,43-44,47,52,54,56,58,75-77,82H,5-8,11-12,16-18,23,28-30,36,38,40,42,45-46,48-51,53,55,57,59-74H2,1-4H3,(H,87,88)(H,89,90)/b13-9-,14-10-,19-15-,24-20-,25-21-,26-22-,31-27-,34-32-,35-33-,39-37-,44-41-,47-43-,56-52-,58-54-. The van der Waals surface area contributed by atoms with E-state index in [0.29, 0.717) is 38.5 Å². The average Bonchev–Trinajstić information content (AvgIpc) is 0.930. The van der Waals surface area contributed by atoms with Gasteiger partial charge in [0.05, 0.1) is 26.4 Å². The quantitative estimate of drug-likeness (QED) is 0.0169. The molecule has 0 heterocycles. The van der Waals surface area contributed by atoms with Gasteiger partial charge in [0, 0.05) is 25.7 Å². The van der Waals surface area contributed by atoms with E-state index in [4.69, 9.17) is 37.0 Å². The van der Waals surface area contributed by atoms with Crippen LogP contribution in [0.25, 0.3) is 0 Å². The summed E-state index contributed by atoms with van der Waals surface area (Å²) in [7, 11) is -10.0. The van der Waals surface area contributed by atoms with Crippen LogP contribution in [-0.2, 0) is 65.4 Å². The Morgan fingerprint density at radius 2 is 0.570 bits per heavy atom. The average molecular weight is 1440 g/mol. The first-order valence-electron chi connectivity index (χ1n) is 37.4. The third-order valence-corrected chi connectivity index (χ3v) is 16.5. The van der Waals surface area contributed by atoms with Crippen molar-refractivity contribution in [2.75, 3.05) is 39.6 Å². The van der Waals surface area contributed by atoms with Crippen LogP contribution in [0.15, 0.2) is 170 Å². The fraction of sp³-hybridized carbons (Fsp3) is 0.605. The van der Waals surface area contributed by atoms with E-state index in [-0.39, 0.29) is 25.7 Å². The Kier molecular flexibility index (Phi) is 67.8. The van der Waals surface area contributed by atoms with E-state index in [1.165, 1.54) is 12.8 Å². The Morgan fingerprint density at radius 1 is 0.290 bits per heavy atom. The van der Waals surface area contributed by atoms with Gasteiger partial charge in [-0.05, 0) is 148 Å². The third-order valence-electron chi connectivity index (χ3n) is 14.6. The van der Waals surface area contributed by atoms with Crippen LogP contribution in [0.5, 0.6) is 0 Å². The molecule has 5 atom stereocenters. The molecule has 0 aromatic heterocycles. The monoisotopic (exact) mass is 1440 g/mol. The normalized spacial score (nSPS) is 14.9. The van der Waals surface area contributed by atoms with Gasteiger partial charge in [-0.15, -0.1) is 0 Å². The number of rotatable bonds is 68. The molecule has 19 heteroatoms. The number of carbonyl (C=O) groups excluding carboxylic acids is 4. The number of phosphoric ester groups is 2. The molecular formula is C81H130O17P2. The van der Waals surface area contributed by atoms with Gasteiger partial charge in [0.25, 0.3) is 0 Å². The van der Waals surface area contributed by atoms with Gasteiger partial charge in [0.2, 0.25) is 0 Å². The van der Waals surface area contributed by atoms with Crippen molar-refractivity contribution in [2.24, 2.45) is 0 Å². The van der Waals surface area contributed by atoms with Crippen LogP contribution in [0.1, 0.15) is 259 Å². The summed E-state index contributed by atoms with van der Waals surface area (Å²) in [5.74, 6) is -2.39. The maximum atomic E-state index is 13.1. The first-order chi connectivity index (χ1) is 48.7. The fourth-order valence-electron chi connectivity index (χ4n) is 9.00. The minimum absolute atomic E-state index is 0.00616. The number of phosphoric acid groups is 2. The number of unbranched alkanes of at least 4 members (excludes halogenated alkanes) is 14. The highest BCUT2D eigenvalue weighted by Crippen LogP contribution is 2.45. The van der Waals surface area contributed by atoms with Crippen molar-refractivity contribution >= 4 is 39.5 Å². The number of ether oxygens (including phenoxy) is 4. The Balaban J connectivity index is 5.49. The van der Waals surface area contributed by atoms with Crippen LogP contribution in [0.2, 0.25) is 0 Å². The van der Waals surface area contributed by atoms with Crippen LogP contribution in [0.4, 0.5) is 0 Å². The van der Waals surface area contributed by atoms with Crippen molar-refractivity contribution in [3.63, 3.8) is 0 Å². The lowest BCUT2D eigenvalue weighted by atomic mass is 10.1. The van der Waals surface area contributed by atoms with Crippen molar-refractivity contribution in [1.82, 2.24) is 0 Å². The molecule has 0 aromatic rings. The van der Waals surface area contributed by atoms with Gasteiger partial charge in [0.1, 0.15) is 19.3 Å². The SMILES string of the molecule is CC/C=C\C/C=C\C/C=C\C/C=C\C/C=C\C/C=C\CCC(=O)OCC(COP(=O)(O)OCC(O)COP(=O)(O)OCC(COC(=O)CCCCCCC/C=C\C/C=C\CCC)OC(=O)CCCCCCC/C=C\CCCC)OC(=O)CCC/C=C\C/C=C\C/C=C\C/C=C\C/C=C\CC. The second-order valence-electron chi connectivity index (χ2n) is 24.1. The van der Waals surface area contributed by atoms with E-state index in [0.717, 1.165) is 154 Å². The van der Waals surface area contributed by atoms with Gasteiger partial charge in [-0.2, -0.15) is 0 Å². The smallest absolute Gasteiger partial charge is 0.462 e. The van der Waals surface area contributed by atoms with Crippen molar-refractivity contribution in [2.45, 2.75) is 277 Å². The van der Waals surface area contributed by atoms with Crippen LogP contribution < -0.4 is 0 Å². The van der Waals surface area contributed by atoms with Crippen LogP contribution in [0, 0.1) is 0 Å². The van der Waals surface area contributed by atoms with E-state index in [9.17, 15) is 43.2 Å². The lowest BCUT2D eigenvalue weighted by molar-refractivity contribution is -0.161. The number of carbonyl (C=O) groups is 4. The number of hydrogen-bond acceptors (Lipinski definition) is 15. The van der Waals surface area contributed by atoms with Gasteiger partial charge < -0.3 is 33.8 Å². The molecule has 0 aliphatic rings. The molecular weight excluding hydrogens is 1310 g/mol. The molecule has 5 unspecified atom stereocenters. The molecule has 0 radical (unpaired) electrons. The molecule has 0 aromatic carbocycles. The van der Waals surface area contributed by atoms with Crippen molar-refractivity contribution in [3.8, 4) is 0 Å². The number of aliphatic hydroxyl groups excluding tert-OH is 1.